The second-order valence-corrected chi connectivity index (χ2v) is 6.32. The van der Waals surface area contributed by atoms with E-state index >= 15 is 0 Å². The molecule has 1 unspecified atom stereocenters. The quantitative estimate of drug-likeness (QED) is 0.778. The number of halogens is 1. The Hall–Kier alpha value is -1.02. The molecule has 1 aliphatic rings. The maximum absolute atomic E-state index is 12.6. The number of aryl methyl sites for hydroxylation is 1. The van der Waals surface area contributed by atoms with E-state index in [1.54, 1.807) is 0 Å². The molecule has 1 amide bonds. The van der Waals surface area contributed by atoms with Gasteiger partial charge in [0.05, 0.1) is 5.54 Å². The van der Waals surface area contributed by atoms with Crippen LogP contribution < -0.4 is 0 Å². The fraction of sp³-hybridized carbons (Fsp3) is 0.562. The van der Waals surface area contributed by atoms with E-state index < -0.39 is 0 Å². The molecule has 2 rings (SSSR count). The monoisotopic (exact) mass is 279 g/mol. The summed E-state index contributed by atoms with van der Waals surface area (Å²) in [5, 5.41) is 0. The molecule has 104 valence electrons. The van der Waals surface area contributed by atoms with E-state index in [0.717, 1.165) is 19.3 Å². The standard InChI is InChI=1S/C16H22ClNO/c1-16(2,11-17)18(3)15(19)14-9-8-12-6-4-5-7-13(12)10-14/h4-7,14H,8-11H2,1-3H3. The molecule has 2 nitrogen and oxygen atoms in total. The molecular formula is C16H22ClNO. The van der Waals surface area contributed by atoms with Crippen molar-refractivity contribution in [1.29, 1.82) is 0 Å². The van der Waals surface area contributed by atoms with Crippen LogP contribution in [0.25, 0.3) is 0 Å². The first-order valence-corrected chi connectivity index (χ1v) is 7.39. The summed E-state index contributed by atoms with van der Waals surface area (Å²) in [4.78, 5) is 14.4. The Morgan fingerprint density at radius 2 is 2.00 bits per heavy atom. The topological polar surface area (TPSA) is 20.3 Å². The Balaban J connectivity index is 2.11. The Morgan fingerprint density at radius 1 is 1.37 bits per heavy atom. The van der Waals surface area contributed by atoms with E-state index in [4.69, 9.17) is 11.6 Å². The first kappa shape index (κ1) is 14.4. The largest absolute Gasteiger partial charge is 0.339 e. The van der Waals surface area contributed by atoms with Crippen LogP contribution in [0.15, 0.2) is 24.3 Å². The van der Waals surface area contributed by atoms with E-state index in [1.165, 1.54) is 11.1 Å². The van der Waals surface area contributed by atoms with E-state index in [0.29, 0.717) is 5.88 Å². The summed E-state index contributed by atoms with van der Waals surface area (Å²) in [6.45, 7) is 4.02. The minimum atomic E-state index is -0.282. The molecule has 1 aromatic carbocycles. The van der Waals surface area contributed by atoms with Crippen molar-refractivity contribution in [2.75, 3.05) is 12.9 Å². The van der Waals surface area contributed by atoms with Crippen LogP contribution in [0.4, 0.5) is 0 Å². The lowest BCUT2D eigenvalue weighted by atomic mass is 9.82. The average molecular weight is 280 g/mol. The van der Waals surface area contributed by atoms with Gasteiger partial charge in [0.1, 0.15) is 0 Å². The molecule has 19 heavy (non-hydrogen) atoms. The molecular weight excluding hydrogens is 258 g/mol. The van der Waals surface area contributed by atoms with Gasteiger partial charge in [-0.15, -0.1) is 11.6 Å². The molecule has 0 fully saturated rings. The molecule has 1 aromatic rings. The van der Waals surface area contributed by atoms with Gasteiger partial charge < -0.3 is 4.90 Å². The van der Waals surface area contributed by atoms with Gasteiger partial charge in [-0.05, 0) is 44.2 Å². The van der Waals surface area contributed by atoms with Gasteiger partial charge in [-0.3, -0.25) is 4.79 Å². The summed E-state index contributed by atoms with van der Waals surface area (Å²) < 4.78 is 0. The van der Waals surface area contributed by atoms with Crippen LogP contribution in [0, 0.1) is 5.92 Å². The molecule has 0 heterocycles. The summed E-state index contributed by atoms with van der Waals surface area (Å²) in [7, 11) is 1.87. The van der Waals surface area contributed by atoms with Gasteiger partial charge in [-0.25, -0.2) is 0 Å². The number of rotatable bonds is 3. The van der Waals surface area contributed by atoms with Crippen LogP contribution in [-0.2, 0) is 17.6 Å². The SMILES string of the molecule is CN(C(=O)C1CCc2ccccc2C1)C(C)(C)CCl. The smallest absolute Gasteiger partial charge is 0.226 e. The van der Waals surface area contributed by atoms with Crippen LogP contribution in [0.1, 0.15) is 31.4 Å². The van der Waals surface area contributed by atoms with Crippen molar-refractivity contribution in [3.05, 3.63) is 35.4 Å². The van der Waals surface area contributed by atoms with Crippen molar-refractivity contribution in [2.24, 2.45) is 5.92 Å². The lowest BCUT2D eigenvalue weighted by Gasteiger charge is -2.37. The number of fused-ring (bicyclic) bond motifs is 1. The highest BCUT2D eigenvalue weighted by Gasteiger charge is 2.33. The van der Waals surface area contributed by atoms with Crippen LogP contribution in [0.5, 0.6) is 0 Å². The Labute approximate surface area is 120 Å². The van der Waals surface area contributed by atoms with Crippen LogP contribution in [0.3, 0.4) is 0 Å². The third kappa shape index (κ3) is 2.94. The highest BCUT2D eigenvalue weighted by atomic mass is 35.5. The molecule has 0 spiro atoms. The van der Waals surface area contributed by atoms with Gasteiger partial charge in [0.2, 0.25) is 5.91 Å². The third-order valence-corrected chi connectivity index (χ3v) is 4.92. The number of amides is 1. The molecule has 0 aliphatic heterocycles. The lowest BCUT2D eigenvalue weighted by Crippen LogP contribution is -2.49. The normalized spacial score (nSPS) is 18.8. The molecule has 1 atom stereocenters. The first-order chi connectivity index (χ1) is 8.95. The van der Waals surface area contributed by atoms with Crippen molar-refractivity contribution in [1.82, 2.24) is 4.90 Å². The predicted molar refractivity (Wildman–Crippen MR) is 79.5 cm³/mol. The zero-order valence-electron chi connectivity index (χ0n) is 11.9. The molecule has 3 heteroatoms. The fourth-order valence-electron chi connectivity index (χ4n) is 2.57. The van der Waals surface area contributed by atoms with E-state index in [9.17, 15) is 4.79 Å². The fourth-order valence-corrected chi connectivity index (χ4v) is 2.75. The van der Waals surface area contributed by atoms with E-state index in [1.807, 2.05) is 25.8 Å². The van der Waals surface area contributed by atoms with Gasteiger partial charge in [0.15, 0.2) is 0 Å². The number of benzene rings is 1. The van der Waals surface area contributed by atoms with Crippen LogP contribution in [-0.4, -0.2) is 29.3 Å². The summed E-state index contributed by atoms with van der Waals surface area (Å²) in [6, 6.07) is 8.44. The molecule has 0 saturated carbocycles. The maximum atomic E-state index is 12.6. The van der Waals surface area contributed by atoms with E-state index in [2.05, 4.69) is 24.3 Å². The van der Waals surface area contributed by atoms with Crippen molar-refractivity contribution in [3.8, 4) is 0 Å². The molecule has 0 aromatic heterocycles. The highest BCUT2D eigenvalue weighted by Crippen LogP contribution is 2.28. The summed E-state index contributed by atoms with van der Waals surface area (Å²) in [5.74, 6) is 0.779. The number of alkyl halides is 1. The number of carbonyl (C=O) groups is 1. The van der Waals surface area contributed by atoms with Crippen LogP contribution >= 0.6 is 11.6 Å². The van der Waals surface area contributed by atoms with Gasteiger partial charge in [-0.2, -0.15) is 0 Å². The van der Waals surface area contributed by atoms with Crippen molar-refractivity contribution < 1.29 is 4.79 Å². The number of hydrogen-bond donors (Lipinski definition) is 0. The third-order valence-electron chi connectivity index (χ3n) is 4.26. The molecule has 0 saturated heterocycles. The minimum Gasteiger partial charge on any atom is -0.339 e. The van der Waals surface area contributed by atoms with Crippen molar-refractivity contribution in [2.45, 2.75) is 38.6 Å². The number of hydrogen-bond acceptors (Lipinski definition) is 1. The maximum Gasteiger partial charge on any atom is 0.226 e. The first-order valence-electron chi connectivity index (χ1n) is 6.86. The van der Waals surface area contributed by atoms with Crippen molar-refractivity contribution >= 4 is 17.5 Å². The Kier molecular flexibility index (Phi) is 4.19. The van der Waals surface area contributed by atoms with Crippen LogP contribution in [0.2, 0.25) is 0 Å². The average Bonchev–Trinajstić information content (AvgIpc) is 2.45. The van der Waals surface area contributed by atoms with Gasteiger partial charge >= 0.3 is 0 Å². The zero-order valence-corrected chi connectivity index (χ0v) is 12.7. The second-order valence-electron chi connectivity index (χ2n) is 6.05. The number of carbonyl (C=O) groups excluding carboxylic acids is 1. The summed E-state index contributed by atoms with van der Waals surface area (Å²) in [6.07, 6.45) is 2.80. The second kappa shape index (κ2) is 5.54. The van der Waals surface area contributed by atoms with Crippen molar-refractivity contribution in [3.63, 3.8) is 0 Å². The summed E-state index contributed by atoms with van der Waals surface area (Å²) >= 11 is 5.96. The van der Waals surface area contributed by atoms with E-state index in [-0.39, 0.29) is 17.4 Å². The summed E-state index contributed by atoms with van der Waals surface area (Å²) in [5.41, 5.74) is 2.44. The highest BCUT2D eigenvalue weighted by molar-refractivity contribution is 6.18. The predicted octanol–water partition coefficient (Wildman–Crippen LogP) is 3.27. The minimum absolute atomic E-state index is 0.0994. The molecule has 0 N–H and O–H groups in total. The molecule has 1 aliphatic carbocycles. The zero-order chi connectivity index (χ0) is 14.0. The Morgan fingerprint density at radius 3 is 2.63 bits per heavy atom. The van der Waals surface area contributed by atoms with Gasteiger partial charge in [-0.1, -0.05) is 24.3 Å². The van der Waals surface area contributed by atoms with Gasteiger partial charge in [0.25, 0.3) is 0 Å². The molecule has 0 bridgehead atoms. The Bertz CT molecular complexity index is 470. The van der Waals surface area contributed by atoms with Gasteiger partial charge in [0, 0.05) is 18.8 Å². The molecule has 0 radical (unpaired) electrons. The lowest BCUT2D eigenvalue weighted by molar-refractivity contribution is -0.138. The number of nitrogens with zero attached hydrogens (tertiary/aromatic N) is 1.